The van der Waals surface area contributed by atoms with E-state index in [0.29, 0.717) is 6.42 Å². The van der Waals surface area contributed by atoms with E-state index in [4.69, 9.17) is 0 Å². The molecule has 0 unspecified atom stereocenters. The van der Waals surface area contributed by atoms with Crippen LogP contribution in [-0.2, 0) is 6.42 Å². The SMILES string of the molecule is Cc1ccc(C(=O)N[C@H]2c3ccccc3C[C@H]2O)c(F)c1. The lowest BCUT2D eigenvalue weighted by atomic mass is 10.1. The summed E-state index contributed by atoms with van der Waals surface area (Å²) in [5.74, 6) is -1.05. The van der Waals surface area contributed by atoms with Gasteiger partial charge in [-0.15, -0.1) is 0 Å². The Morgan fingerprint density at radius 3 is 2.81 bits per heavy atom. The minimum Gasteiger partial charge on any atom is -0.390 e. The second-order valence-corrected chi connectivity index (χ2v) is 5.40. The zero-order valence-electron chi connectivity index (χ0n) is 11.6. The Labute approximate surface area is 122 Å². The number of nitrogens with one attached hydrogen (secondary N) is 1. The molecule has 1 aliphatic carbocycles. The number of hydrogen-bond donors (Lipinski definition) is 2. The first-order valence-electron chi connectivity index (χ1n) is 6.89. The van der Waals surface area contributed by atoms with Gasteiger partial charge in [0, 0.05) is 6.42 Å². The third kappa shape index (κ3) is 2.54. The van der Waals surface area contributed by atoms with Crippen molar-refractivity contribution in [3.63, 3.8) is 0 Å². The van der Waals surface area contributed by atoms with E-state index in [2.05, 4.69) is 5.32 Å². The Bertz CT molecular complexity index is 699. The lowest BCUT2D eigenvalue weighted by Gasteiger charge is -2.18. The monoisotopic (exact) mass is 285 g/mol. The van der Waals surface area contributed by atoms with Gasteiger partial charge in [0.2, 0.25) is 0 Å². The fourth-order valence-electron chi connectivity index (χ4n) is 2.77. The summed E-state index contributed by atoms with van der Waals surface area (Å²) in [6.45, 7) is 1.77. The van der Waals surface area contributed by atoms with Crippen LogP contribution in [-0.4, -0.2) is 17.1 Å². The fourth-order valence-corrected chi connectivity index (χ4v) is 2.77. The van der Waals surface area contributed by atoms with Gasteiger partial charge in [-0.1, -0.05) is 30.3 Å². The minimum atomic E-state index is -0.681. The highest BCUT2D eigenvalue weighted by molar-refractivity contribution is 5.94. The van der Waals surface area contributed by atoms with Crippen molar-refractivity contribution in [2.45, 2.75) is 25.5 Å². The lowest BCUT2D eigenvalue weighted by molar-refractivity contribution is 0.0854. The summed E-state index contributed by atoms with van der Waals surface area (Å²) in [5, 5.41) is 12.8. The first-order chi connectivity index (χ1) is 10.1. The smallest absolute Gasteiger partial charge is 0.254 e. The van der Waals surface area contributed by atoms with Crippen molar-refractivity contribution in [1.29, 1.82) is 0 Å². The van der Waals surface area contributed by atoms with Crippen LogP contribution in [0.1, 0.15) is 33.1 Å². The van der Waals surface area contributed by atoms with Gasteiger partial charge in [0.25, 0.3) is 5.91 Å². The summed E-state index contributed by atoms with van der Waals surface area (Å²) in [6, 6.07) is 11.6. The molecule has 1 amide bonds. The number of carbonyl (C=O) groups is 1. The van der Waals surface area contributed by atoms with Gasteiger partial charge in [-0.3, -0.25) is 4.79 Å². The maximum atomic E-state index is 13.8. The van der Waals surface area contributed by atoms with Crippen molar-refractivity contribution < 1.29 is 14.3 Å². The zero-order chi connectivity index (χ0) is 15.0. The van der Waals surface area contributed by atoms with Crippen molar-refractivity contribution in [3.05, 3.63) is 70.5 Å². The fraction of sp³-hybridized carbons (Fsp3) is 0.235. The first-order valence-corrected chi connectivity index (χ1v) is 6.89. The molecule has 0 aliphatic heterocycles. The minimum absolute atomic E-state index is 0.00261. The molecule has 0 saturated heterocycles. The Morgan fingerprint density at radius 1 is 1.29 bits per heavy atom. The van der Waals surface area contributed by atoms with Gasteiger partial charge in [0.1, 0.15) is 5.82 Å². The highest BCUT2D eigenvalue weighted by Gasteiger charge is 2.32. The van der Waals surface area contributed by atoms with E-state index in [1.807, 2.05) is 24.3 Å². The Balaban J connectivity index is 1.85. The second-order valence-electron chi connectivity index (χ2n) is 5.40. The van der Waals surface area contributed by atoms with E-state index in [1.165, 1.54) is 12.1 Å². The predicted octanol–water partition coefficient (Wildman–Crippen LogP) is 2.52. The van der Waals surface area contributed by atoms with Gasteiger partial charge in [-0.25, -0.2) is 4.39 Å². The van der Waals surface area contributed by atoms with Crippen molar-refractivity contribution in [2.24, 2.45) is 0 Å². The summed E-state index contributed by atoms with van der Waals surface area (Å²) < 4.78 is 13.8. The summed E-state index contributed by atoms with van der Waals surface area (Å²) in [6.07, 6.45) is -0.183. The number of aliphatic hydroxyl groups is 1. The van der Waals surface area contributed by atoms with Crippen LogP contribution in [0.4, 0.5) is 4.39 Å². The largest absolute Gasteiger partial charge is 0.390 e. The standard InChI is InChI=1S/C17H16FNO2/c1-10-6-7-13(14(18)8-10)17(21)19-16-12-5-3-2-4-11(12)9-15(16)20/h2-8,15-16,20H,9H2,1H3,(H,19,21)/t15-,16+/m1/s1. The van der Waals surface area contributed by atoms with Crippen LogP contribution in [0.3, 0.4) is 0 Å². The number of rotatable bonds is 2. The summed E-state index contributed by atoms with van der Waals surface area (Å²) >= 11 is 0. The Kier molecular flexibility index (Phi) is 3.47. The molecule has 0 aromatic heterocycles. The summed E-state index contributed by atoms with van der Waals surface area (Å²) in [5.41, 5.74) is 2.66. The van der Waals surface area contributed by atoms with Crippen molar-refractivity contribution in [3.8, 4) is 0 Å². The van der Waals surface area contributed by atoms with Crippen LogP contribution >= 0.6 is 0 Å². The van der Waals surface area contributed by atoms with Crippen LogP contribution in [0.5, 0.6) is 0 Å². The van der Waals surface area contributed by atoms with Crippen LogP contribution in [0.2, 0.25) is 0 Å². The molecular formula is C17H16FNO2. The number of halogens is 1. The van der Waals surface area contributed by atoms with Gasteiger partial charge in [-0.2, -0.15) is 0 Å². The maximum Gasteiger partial charge on any atom is 0.254 e. The number of amides is 1. The van der Waals surface area contributed by atoms with Gasteiger partial charge in [0.05, 0.1) is 17.7 Å². The third-order valence-electron chi connectivity index (χ3n) is 3.86. The molecule has 3 nitrogen and oxygen atoms in total. The van der Waals surface area contributed by atoms with E-state index in [-0.39, 0.29) is 5.56 Å². The van der Waals surface area contributed by atoms with Crippen molar-refractivity contribution in [1.82, 2.24) is 5.32 Å². The molecule has 1 aliphatic rings. The number of benzene rings is 2. The molecule has 0 spiro atoms. The third-order valence-corrected chi connectivity index (χ3v) is 3.86. The number of aliphatic hydroxyl groups excluding tert-OH is 1. The van der Waals surface area contributed by atoms with E-state index >= 15 is 0 Å². The summed E-state index contributed by atoms with van der Waals surface area (Å²) in [4.78, 5) is 12.2. The molecule has 2 aromatic rings. The molecule has 0 fully saturated rings. The molecule has 0 radical (unpaired) electrons. The lowest BCUT2D eigenvalue weighted by Crippen LogP contribution is -2.34. The average Bonchev–Trinajstić information content (AvgIpc) is 2.75. The number of fused-ring (bicyclic) bond motifs is 1. The Hall–Kier alpha value is -2.20. The molecule has 2 N–H and O–H groups in total. The molecule has 3 rings (SSSR count). The second kappa shape index (κ2) is 5.30. The van der Waals surface area contributed by atoms with Gasteiger partial charge in [0.15, 0.2) is 0 Å². The Morgan fingerprint density at radius 2 is 2.05 bits per heavy atom. The average molecular weight is 285 g/mol. The van der Waals surface area contributed by atoms with Gasteiger partial charge >= 0.3 is 0 Å². The normalized spacial score (nSPS) is 20.1. The maximum absolute atomic E-state index is 13.8. The number of aryl methyl sites for hydroxylation is 1. The van der Waals surface area contributed by atoms with Crippen molar-refractivity contribution >= 4 is 5.91 Å². The van der Waals surface area contributed by atoms with E-state index in [9.17, 15) is 14.3 Å². The highest BCUT2D eigenvalue weighted by atomic mass is 19.1. The van der Waals surface area contributed by atoms with Gasteiger partial charge < -0.3 is 10.4 Å². The molecule has 108 valence electrons. The van der Waals surface area contributed by atoms with Crippen LogP contribution in [0.25, 0.3) is 0 Å². The molecule has 21 heavy (non-hydrogen) atoms. The van der Waals surface area contributed by atoms with E-state index in [0.717, 1.165) is 16.7 Å². The first kappa shape index (κ1) is 13.8. The number of hydrogen-bond acceptors (Lipinski definition) is 2. The highest BCUT2D eigenvalue weighted by Crippen LogP contribution is 2.31. The molecule has 2 atom stereocenters. The zero-order valence-corrected chi connectivity index (χ0v) is 11.6. The van der Waals surface area contributed by atoms with Crippen LogP contribution in [0, 0.1) is 12.7 Å². The summed E-state index contributed by atoms with van der Waals surface area (Å²) in [7, 11) is 0. The predicted molar refractivity (Wildman–Crippen MR) is 77.5 cm³/mol. The number of carbonyl (C=O) groups excluding carboxylic acids is 1. The molecule has 0 bridgehead atoms. The molecular weight excluding hydrogens is 269 g/mol. The quantitative estimate of drug-likeness (QED) is 0.890. The molecule has 0 heterocycles. The molecule has 4 heteroatoms. The van der Waals surface area contributed by atoms with Crippen LogP contribution < -0.4 is 5.32 Å². The molecule has 0 saturated carbocycles. The molecule has 2 aromatic carbocycles. The topological polar surface area (TPSA) is 49.3 Å². The van der Waals surface area contributed by atoms with Crippen molar-refractivity contribution in [2.75, 3.05) is 0 Å². The van der Waals surface area contributed by atoms with E-state index in [1.54, 1.807) is 13.0 Å². The van der Waals surface area contributed by atoms with E-state index < -0.39 is 23.9 Å². The van der Waals surface area contributed by atoms with Gasteiger partial charge in [-0.05, 0) is 35.7 Å². The van der Waals surface area contributed by atoms with Crippen LogP contribution in [0.15, 0.2) is 42.5 Å².